The summed E-state index contributed by atoms with van der Waals surface area (Å²) in [5.74, 6) is -1.33. The van der Waals surface area contributed by atoms with Crippen LogP contribution in [0.2, 0.25) is 0 Å². The number of anilines is 1. The van der Waals surface area contributed by atoms with E-state index in [-0.39, 0.29) is 18.5 Å². The van der Waals surface area contributed by atoms with E-state index in [1.807, 2.05) is 30.3 Å². The van der Waals surface area contributed by atoms with Crippen molar-refractivity contribution in [1.82, 2.24) is 0 Å². The number of hydrogen-bond acceptors (Lipinski definition) is 5. The molecule has 0 saturated carbocycles. The molecule has 1 amide bonds. The minimum atomic E-state index is -0.703. The number of esters is 1. The Morgan fingerprint density at radius 2 is 1.73 bits per heavy atom. The fourth-order valence-electron chi connectivity index (χ4n) is 3.01. The third kappa shape index (κ3) is 4.73. The molecule has 0 aliphatic carbocycles. The summed E-state index contributed by atoms with van der Waals surface area (Å²) in [6, 6.07) is 18.1. The molecule has 0 aliphatic heterocycles. The van der Waals surface area contributed by atoms with Crippen molar-refractivity contribution in [2.75, 3.05) is 25.2 Å². The Balaban J connectivity index is 1.76. The van der Waals surface area contributed by atoms with Crippen LogP contribution in [0, 0.1) is 17.1 Å². The lowest BCUT2D eigenvalue weighted by Crippen LogP contribution is -2.35. The van der Waals surface area contributed by atoms with Crippen molar-refractivity contribution in [3.8, 4) is 11.8 Å². The Hall–Kier alpha value is -3.92. The van der Waals surface area contributed by atoms with Gasteiger partial charge in [0.15, 0.2) is 6.61 Å². The molecular weight excluding hydrogens is 387 g/mol. The summed E-state index contributed by atoms with van der Waals surface area (Å²) in [4.78, 5) is 26.6. The summed E-state index contributed by atoms with van der Waals surface area (Å²) < 4.78 is 23.7. The maximum absolute atomic E-state index is 13.2. The Labute approximate surface area is 173 Å². The van der Waals surface area contributed by atoms with E-state index in [1.54, 1.807) is 12.1 Å². The van der Waals surface area contributed by atoms with Crippen LogP contribution in [0.4, 0.5) is 10.1 Å². The Morgan fingerprint density at radius 1 is 1.07 bits per heavy atom. The lowest BCUT2D eigenvalue weighted by molar-refractivity contribution is -0.121. The van der Waals surface area contributed by atoms with Gasteiger partial charge in [-0.15, -0.1) is 0 Å². The third-order valence-corrected chi connectivity index (χ3v) is 4.50. The zero-order valence-corrected chi connectivity index (χ0v) is 16.3. The van der Waals surface area contributed by atoms with Crippen LogP contribution >= 0.6 is 0 Å². The number of methoxy groups -OCH3 is 1. The number of benzene rings is 3. The van der Waals surface area contributed by atoms with Gasteiger partial charge in [-0.3, -0.25) is 4.79 Å². The molecule has 152 valence electrons. The molecule has 6 nitrogen and oxygen atoms in total. The van der Waals surface area contributed by atoms with Gasteiger partial charge in [-0.2, -0.15) is 5.26 Å². The van der Waals surface area contributed by atoms with Crippen molar-refractivity contribution in [1.29, 1.82) is 5.26 Å². The highest BCUT2D eigenvalue weighted by molar-refractivity contribution is 6.01. The highest BCUT2D eigenvalue weighted by Crippen LogP contribution is 2.26. The number of ether oxygens (including phenoxy) is 2. The van der Waals surface area contributed by atoms with Gasteiger partial charge in [-0.1, -0.05) is 24.3 Å². The summed E-state index contributed by atoms with van der Waals surface area (Å²) >= 11 is 0. The van der Waals surface area contributed by atoms with Crippen LogP contribution in [-0.2, 0) is 9.53 Å². The lowest BCUT2D eigenvalue weighted by Gasteiger charge is -2.21. The number of amides is 1. The van der Waals surface area contributed by atoms with Gasteiger partial charge in [-0.05, 0) is 47.2 Å². The largest absolute Gasteiger partial charge is 0.496 e. The summed E-state index contributed by atoms with van der Waals surface area (Å²) in [5, 5.41) is 10.6. The van der Waals surface area contributed by atoms with Gasteiger partial charge in [0.05, 0.1) is 19.6 Å². The fourth-order valence-corrected chi connectivity index (χ4v) is 3.01. The van der Waals surface area contributed by atoms with Crippen LogP contribution in [0.1, 0.15) is 16.8 Å². The number of halogens is 1. The molecule has 0 aliphatic rings. The van der Waals surface area contributed by atoms with E-state index in [2.05, 4.69) is 0 Å². The van der Waals surface area contributed by atoms with Crippen LogP contribution in [0.25, 0.3) is 10.8 Å². The van der Waals surface area contributed by atoms with E-state index in [4.69, 9.17) is 14.7 Å². The van der Waals surface area contributed by atoms with Gasteiger partial charge < -0.3 is 14.4 Å². The summed E-state index contributed by atoms with van der Waals surface area (Å²) in [7, 11) is 1.45. The Bertz CT molecular complexity index is 1110. The quantitative estimate of drug-likeness (QED) is 0.552. The smallest absolute Gasteiger partial charge is 0.342 e. The van der Waals surface area contributed by atoms with E-state index < -0.39 is 24.3 Å². The molecule has 30 heavy (non-hydrogen) atoms. The number of nitrogens with zero attached hydrogens (tertiary/aromatic N) is 2. The van der Waals surface area contributed by atoms with Crippen molar-refractivity contribution in [3.05, 3.63) is 72.0 Å². The molecule has 0 N–H and O–H groups in total. The molecule has 0 heterocycles. The van der Waals surface area contributed by atoms with E-state index in [0.29, 0.717) is 11.4 Å². The number of carbonyl (C=O) groups is 2. The number of hydrogen-bond donors (Lipinski definition) is 0. The highest BCUT2D eigenvalue weighted by Gasteiger charge is 2.20. The van der Waals surface area contributed by atoms with E-state index in [1.165, 1.54) is 36.3 Å². The monoisotopic (exact) mass is 406 g/mol. The zero-order valence-electron chi connectivity index (χ0n) is 16.3. The molecule has 0 unspecified atom stereocenters. The highest BCUT2D eigenvalue weighted by atomic mass is 19.1. The first-order valence-corrected chi connectivity index (χ1v) is 9.20. The van der Waals surface area contributed by atoms with E-state index in [9.17, 15) is 14.0 Å². The van der Waals surface area contributed by atoms with Gasteiger partial charge in [0.2, 0.25) is 0 Å². The van der Waals surface area contributed by atoms with Crippen molar-refractivity contribution in [2.45, 2.75) is 6.42 Å². The summed E-state index contributed by atoms with van der Waals surface area (Å²) in [5.41, 5.74) is 0.616. The fraction of sp³-hybridized carbons (Fsp3) is 0.174. The van der Waals surface area contributed by atoms with Crippen molar-refractivity contribution in [2.24, 2.45) is 0 Å². The average Bonchev–Trinajstić information content (AvgIpc) is 2.77. The van der Waals surface area contributed by atoms with Crippen molar-refractivity contribution >= 4 is 28.3 Å². The maximum atomic E-state index is 13.2. The Kier molecular flexibility index (Phi) is 6.60. The molecule has 0 fully saturated rings. The first kappa shape index (κ1) is 20.8. The second-order valence-corrected chi connectivity index (χ2v) is 6.41. The van der Waals surface area contributed by atoms with Crippen LogP contribution in [0.15, 0.2) is 60.7 Å². The van der Waals surface area contributed by atoms with Crippen molar-refractivity contribution < 1.29 is 23.5 Å². The predicted molar refractivity (Wildman–Crippen MR) is 110 cm³/mol. The molecule has 3 aromatic carbocycles. The number of rotatable bonds is 7. The molecule has 0 atom stereocenters. The molecule has 0 saturated heterocycles. The predicted octanol–water partition coefficient (Wildman–Crippen LogP) is 4.09. The van der Waals surface area contributed by atoms with Crippen LogP contribution in [-0.4, -0.2) is 32.1 Å². The summed E-state index contributed by atoms with van der Waals surface area (Å²) in [6.45, 7) is -0.435. The minimum Gasteiger partial charge on any atom is -0.496 e. The molecule has 3 aromatic rings. The zero-order chi connectivity index (χ0) is 21.5. The van der Waals surface area contributed by atoms with Crippen LogP contribution < -0.4 is 9.64 Å². The Morgan fingerprint density at radius 3 is 2.37 bits per heavy atom. The SMILES string of the molecule is COc1cc2ccccc2cc1C(=O)OCC(=O)N(CCC#N)c1ccc(F)cc1. The second kappa shape index (κ2) is 9.52. The minimum absolute atomic E-state index is 0.0789. The van der Waals surface area contributed by atoms with Crippen LogP contribution in [0.3, 0.4) is 0 Å². The van der Waals surface area contributed by atoms with Crippen molar-refractivity contribution in [3.63, 3.8) is 0 Å². The molecule has 3 rings (SSSR count). The number of fused-ring (bicyclic) bond motifs is 1. The second-order valence-electron chi connectivity index (χ2n) is 6.41. The van der Waals surface area contributed by atoms with E-state index >= 15 is 0 Å². The van der Waals surface area contributed by atoms with Gasteiger partial charge in [0.25, 0.3) is 5.91 Å². The number of carbonyl (C=O) groups excluding carboxylic acids is 2. The third-order valence-electron chi connectivity index (χ3n) is 4.50. The molecule has 0 bridgehead atoms. The first-order chi connectivity index (χ1) is 14.5. The maximum Gasteiger partial charge on any atom is 0.342 e. The average molecular weight is 406 g/mol. The van der Waals surface area contributed by atoms with Crippen LogP contribution in [0.5, 0.6) is 5.75 Å². The molecular formula is C23H19FN2O4. The molecule has 7 heteroatoms. The lowest BCUT2D eigenvalue weighted by atomic mass is 10.1. The topological polar surface area (TPSA) is 79.6 Å². The standard InChI is InChI=1S/C23H19FN2O4/c1-29-21-14-17-6-3-2-5-16(17)13-20(21)23(28)30-15-22(27)26(12-4-11-25)19-9-7-18(24)8-10-19/h2-3,5-10,13-14H,4,12,15H2,1H3. The van der Waals surface area contributed by atoms with E-state index in [0.717, 1.165) is 10.8 Å². The molecule has 0 aromatic heterocycles. The van der Waals surface area contributed by atoms with Gasteiger partial charge >= 0.3 is 5.97 Å². The number of nitriles is 1. The normalized spacial score (nSPS) is 10.3. The first-order valence-electron chi connectivity index (χ1n) is 9.20. The van der Waals surface area contributed by atoms with Gasteiger partial charge in [-0.25, -0.2) is 9.18 Å². The van der Waals surface area contributed by atoms with Gasteiger partial charge in [0, 0.05) is 12.2 Å². The summed E-state index contributed by atoms with van der Waals surface area (Å²) in [6.07, 6.45) is 0.0789. The molecule has 0 spiro atoms. The molecule has 0 radical (unpaired) electrons. The van der Waals surface area contributed by atoms with Gasteiger partial charge in [0.1, 0.15) is 17.1 Å².